The van der Waals surface area contributed by atoms with Crippen LogP contribution in [-0.4, -0.2) is 36.7 Å². The first-order valence-electron chi connectivity index (χ1n) is 4.79. The summed E-state index contributed by atoms with van der Waals surface area (Å²) in [6.45, 7) is 2.67. The number of anilines is 1. The Balaban J connectivity index is 2.10. The van der Waals surface area contributed by atoms with Crippen molar-refractivity contribution in [1.29, 1.82) is 0 Å². The molecule has 1 rings (SSSR count). The lowest BCUT2D eigenvalue weighted by atomic mass is 10.5. The van der Waals surface area contributed by atoms with Crippen LogP contribution >= 0.6 is 11.6 Å². The quantitative estimate of drug-likeness (QED) is 0.719. The molecule has 15 heavy (non-hydrogen) atoms. The Hall–Kier alpha value is -0.780. The summed E-state index contributed by atoms with van der Waals surface area (Å²) in [7, 11) is 1.68. The third-order valence-corrected chi connectivity index (χ3v) is 2.14. The molecule has 5 nitrogen and oxygen atoms in total. The van der Waals surface area contributed by atoms with E-state index in [0.717, 1.165) is 13.0 Å². The first-order chi connectivity index (χ1) is 7.24. The van der Waals surface area contributed by atoms with Crippen LogP contribution < -0.4 is 5.73 Å². The molecule has 0 saturated heterocycles. The van der Waals surface area contributed by atoms with E-state index in [1.165, 1.54) is 0 Å². The molecule has 2 N–H and O–H groups in total. The standard InChI is InChI=1S/C9H16ClN3O2/c1-14-4-2-5-15-6-3-13-7-8(10)9(11)12-13/h7H,2-6H2,1H3,(H2,11,12). The summed E-state index contributed by atoms with van der Waals surface area (Å²) in [6.07, 6.45) is 2.59. The van der Waals surface area contributed by atoms with Gasteiger partial charge in [0.05, 0.1) is 13.2 Å². The second kappa shape index (κ2) is 6.66. The summed E-state index contributed by atoms with van der Waals surface area (Å²) in [5.74, 6) is 0.357. The Morgan fingerprint density at radius 2 is 2.27 bits per heavy atom. The van der Waals surface area contributed by atoms with E-state index in [1.807, 2.05) is 0 Å². The van der Waals surface area contributed by atoms with Crippen molar-refractivity contribution in [2.45, 2.75) is 13.0 Å². The number of halogens is 1. The van der Waals surface area contributed by atoms with Gasteiger partial charge < -0.3 is 15.2 Å². The molecule has 0 aromatic carbocycles. The molecule has 1 heterocycles. The zero-order valence-corrected chi connectivity index (χ0v) is 9.54. The predicted octanol–water partition coefficient (Wildman–Crippen LogP) is 1.17. The van der Waals surface area contributed by atoms with Crippen LogP contribution in [0.4, 0.5) is 5.82 Å². The van der Waals surface area contributed by atoms with Gasteiger partial charge in [0.2, 0.25) is 0 Å². The first kappa shape index (κ1) is 12.3. The SMILES string of the molecule is COCCCOCCn1cc(Cl)c(N)n1. The van der Waals surface area contributed by atoms with Gasteiger partial charge in [-0.25, -0.2) is 0 Å². The Bertz CT molecular complexity index is 271. The molecule has 6 heteroatoms. The highest BCUT2D eigenvalue weighted by molar-refractivity contribution is 6.32. The summed E-state index contributed by atoms with van der Waals surface area (Å²) in [5.41, 5.74) is 5.49. The summed E-state index contributed by atoms with van der Waals surface area (Å²) in [5, 5.41) is 4.48. The maximum absolute atomic E-state index is 5.75. The molecule has 0 radical (unpaired) electrons. The van der Waals surface area contributed by atoms with Gasteiger partial charge in [-0.2, -0.15) is 5.10 Å². The number of hydrogen-bond donors (Lipinski definition) is 1. The van der Waals surface area contributed by atoms with Crippen molar-refractivity contribution in [2.24, 2.45) is 0 Å². The van der Waals surface area contributed by atoms with Gasteiger partial charge in [-0.15, -0.1) is 0 Å². The topological polar surface area (TPSA) is 62.3 Å². The van der Waals surface area contributed by atoms with E-state index in [0.29, 0.717) is 30.6 Å². The summed E-state index contributed by atoms with van der Waals surface area (Å²) in [6, 6.07) is 0. The molecule has 0 fully saturated rings. The van der Waals surface area contributed by atoms with E-state index in [-0.39, 0.29) is 0 Å². The van der Waals surface area contributed by atoms with Crippen LogP contribution in [0.1, 0.15) is 6.42 Å². The van der Waals surface area contributed by atoms with Crippen molar-refractivity contribution < 1.29 is 9.47 Å². The normalized spacial score (nSPS) is 10.8. The van der Waals surface area contributed by atoms with E-state index in [2.05, 4.69) is 5.10 Å². The zero-order chi connectivity index (χ0) is 11.1. The van der Waals surface area contributed by atoms with E-state index >= 15 is 0 Å². The molecule has 0 aliphatic rings. The summed E-state index contributed by atoms with van der Waals surface area (Å²) < 4.78 is 11.9. The third-order valence-electron chi connectivity index (χ3n) is 1.85. The Morgan fingerprint density at radius 3 is 2.87 bits per heavy atom. The van der Waals surface area contributed by atoms with Crippen LogP contribution in [0.5, 0.6) is 0 Å². The minimum atomic E-state index is 0.357. The smallest absolute Gasteiger partial charge is 0.164 e. The van der Waals surface area contributed by atoms with Crippen LogP contribution in [0.3, 0.4) is 0 Å². The number of nitrogen functional groups attached to an aromatic ring is 1. The lowest BCUT2D eigenvalue weighted by Crippen LogP contribution is -2.08. The molecule has 1 aromatic rings. The zero-order valence-electron chi connectivity index (χ0n) is 8.78. The van der Waals surface area contributed by atoms with Gasteiger partial charge in [-0.05, 0) is 6.42 Å². The van der Waals surface area contributed by atoms with Gasteiger partial charge >= 0.3 is 0 Å². The number of aromatic nitrogens is 2. The molecule has 0 aliphatic heterocycles. The van der Waals surface area contributed by atoms with Crippen molar-refractivity contribution in [3.05, 3.63) is 11.2 Å². The number of ether oxygens (including phenoxy) is 2. The van der Waals surface area contributed by atoms with Crippen LogP contribution in [0.25, 0.3) is 0 Å². The van der Waals surface area contributed by atoms with E-state index in [1.54, 1.807) is 18.0 Å². The van der Waals surface area contributed by atoms with E-state index in [4.69, 9.17) is 26.8 Å². The fourth-order valence-corrected chi connectivity index (χ4v) is 1.24. The average molecular weight is 234 g/mol. The predicted molar refractivity (Wildman–Crippen MR) is 59.0 cm³/mol. The van der Waals surface area contributed by atoms with Gasteiger partial charge in [0.25, 0.3) is 0 Å². The highest BCUT2D eigenvalue weighted by atomic mass is 35.5. The monoisotopic (exact) mass is 233 g/mol. The second-order valence-corrected chi connectivity index (χ2v) is 3.49. The van der Waals surface area contributed by atoms with Crippen LogP contribution in [0, 0.1) is 0 Å². The molecule has 1 aromatic heterocycles. The maximum Gasteiger partial charge on any atom is 0.164 e. The number of hydrogen-bond acceptors (Lipinski definition) is 4. The lowest BCUT2D eigenvalue weighted by Gasteiger charge is -2.03. The Labute approximate surface area is 94.1 Å². The van der Waals surface area contributed by atoms with Crippen LogP contribution in [0.15, 0.2) is 6.20 Å². The molecule has 86 valence electrons. The van der Waals surface area contributed by atoms with E-state index in [9.17, 15) is 0 Å². The number of nitrogens with two attached hydrogens (primary N) is 1. The lowest BCUT2D eigenvalue weighted by molar-refractivity contribution is 0.0961. The van der Waals surface area contributed by atoms with Gasteiger partial charge in [-0.3, -0.25) is 4.68 Å². The molecule has 0 amide bonds. The largest absolute Gasteiger partial charge is 0.385 e. The van der Waals surface area contributed by atoms with Crippen LogP contribution in [-0.2, 0) is 16.0 Å². The van der Waals surface area contributed by atoms with Crippen molar-refractivity contribution >= 4 is 17.4 Å². The van der Waals surface area contributed by atoms with Crippen molar-refractivity contribution in [2.75, 3.05) is 32.7 Å². The molecular formula is C9H16ClN3O2. The third kappa shape index (κ3) is 4.51. The highest BCUT2D eigenvalue weighted by Crippen LogP contribution is 2.14. The van der Waals surface area contributed by atoms with E-state index < -0.39 is 0 Å². The first-order valence-corrected chi connectivity index (χ1v) is 5.17. The maximum atomic E-state index is 5.75. The van der Waals surface area contributed by atoms with Gasteiger partial charge in [0.1, 0.15) is 5.02 Å². The molecule has 0 atom stereocenters. The molecular weight excluding hydrogens is 218 g/mol. The molecule has 0 unspecified atom stereocenters. The Morgan fingerprint density at radius 1 is 1.47 bits per heavy atom. The second-order valence-electron chi connectivity index (χ2n) is 3.08. The van der Waals surface area contributed by atoms with Crippen molar-refractivity contribution in [3.63, 3.8) is 0 Å². The number of methoxy groups -OCH3 is 1. The minimum Gasteiger partial charge on any atom is -0.385 e. The highest BCUT2D eigenvalue weighted by Gasteiger charge is 2.01. The molecule has 0 spiro atoms. The van der Waals surface area contributed by atoms with Crippen molar-refractivity contribution in [1.82, 2.24) is 9.78 Å². The van der Waals surface area contributed by atoms with Crippen molar-refractivity contribution in [3.8, 4) is 0 Å². The number of rotatable bonds is 7. The number of nitrogens with zero attached hydrogens (tertiary/aromatic N) is 2. The van der Waals surface area contributed by atoms with Crippen LogP contribution in [0.2, 0.25) is 5.02 Å². The van der Waals surface area contributed by atoms with Gasteiger partial charge in [0, 0.05) is 26.5 Å². The summed E-state index contributed by atoms with van der Waals surface area (Å²) in [4.78, 5) is 0. The fourth-order valence-electron chi connectivity index (χ4n) is 1.09. The Kier molecular flexibility index (Phi) is 5.45. The average Bonchev–Trinajstić information content (AvgIpc) is 2.52. The van der Waals surface area contributed by atoms with Gasteiger partial charge in [-0.1, -0.05) is 11.6 Å². The molecule has 0 saturated carbocycles. The minimum absolute atomic E-state index is 0.357. The molecule has 0 bridgehead atoms. The molecule has 0 aliphatic carbocycles. The fraction of sp³-hybridized carbons (Fsp3) is 0.667. The summed E-state index contributed by atoms with van der Waals surface area (Å²) >= 11 is 5.75. The van der Waals surface area contributed by atoms with Gasteiger partial charge in [0.15, 0.2) is 5.82 Å².